The summed E-state index contributed by atoms with van der Waals surface area (Å²) in [6.07, 6.45) is 3.87. The zero-order valence-corrected chi connectivity index (χ0v) is 14.6. The van der Waals surface area contributed by atoms with Crippen LogP contribution in [0.2, 0.25) is 5.02 Å². The topological polar surface area (TPSA) is 41.1 Å². The van der Waals surface area contributed by atoms with Gasteiger partial charge in [0.05, 0.1) is 23.0 Å². The summed E-state index contributed by atoms with van der Waals surface area (Å²) in [5.74, 6) is 0. The Bertz CT molecular complexity index is 1100. The van der Waals surface area contributed by atoms with Gasteiger partial charge in [-0.05, 0) is 23.8 Å². The molecule has 2 heterocycles. The van der Waals surface area contributed by atoms with Crippen molar-refractivity contribution in [3.8, 4) is 17.3 Å². The van der Waals surface area contributed by atoms with Gasteiger partial charge in [-0.15, -0.1) is 11.3 Å². The maximum Gasteiger partial charge on any atom is 0.194 e. The normalized spacial score (nSPS) is 11.6. The van der Waals surface area contributed by atoms with Gasteiger partial charge in [0.2, 0.25) is 0 Å². The summed E-state index contributed by atoms with van der Waals surface area (Å²) in [7, 11) is 0. The lowest BCUT2D eigenvalue weighted by atomic mass is 10.0. The number of thiazole rings is 1. The van der Waals surface area contributed by atoms with Crippen LogP contribution in [0.5, 0.6) is 0 Å². The van der Waals surface area contributed by atoms with Gasteiger partial charge in [0, 0.05) is 22.2 Å². The molecule has 4 aromatic rings. The molecule has 0 spiro atoms. The average Bonchev–Trinajstić information content (AvgIpc) is 3.23. The SMILES string of the molecule is N#C/C(=C/c1c(-c2ccc(Cl)cc2)nc2sccn12)c1ccccc1. The van der Waals surface area contributed by atoms with Crippen molar-refractivity contribution in [2.75, 3.05) is 0 Å². The first-order valence-electron chi connectivity index (χ1n) is 7.65. The van der Waals surface area contributed by atoms with Crippen LogP contribution in [0.4, 0.5) is 0 Å². The smallest absolute Gasteiger partial charge is 0.194 e. The lowest BCUT2D eigenvalue weighted by molar-refractivity contribution is 1.21. The molecule has 0 bridgehead atoms. The number of hydrogen-bond donors (Lipinski definition) is 0. The van der Waals surface area contributed by atoms with Crippen LogP contribution >= 0.6 is 22.9 Å². The number of halogens is 1. The van der Waals surface area contributed by atoms with Gasteiger partial charge in [-0.1, -0.05) is 54.1 Å². The molecular formula is C20H12ClN3S. The predicted molar refractivity (Wildman–Crippen MR) is 103 cm³/mol. The highest BCUT2D eigenvalue weighted by Crippen LogP contribution is 2.30. The van der Waals surface area contributed by atoms with E-state index in [0.717, 1.165) is 27.5 Å². The average molecular weight is 362 g/mol. The molecule has 0 N–H and O–H groups in total. The summed E-state index contributed by atoms with van der Waals surface area (Å²) in [6.45, 7) is 0. The molecule has 120 valence electrons. The fourth-order valence-corrected chi connectivity index (χ4v) is 3.54. The molecule has 0 amide bonds. The number of imidazole rings is 1. The Morgan fingerprint density at radius 3 is 2.60 bits per heavy atom. The quantitative estimate of drug-likeness (QED) is 0.434. The van der Waals surface area contributed by atoms with Gasteiger partial charge in [0.25, 0.3) is 0 Å². The number of rotatable bonds is 3. The van der Waals surface area contributed by atoms with E-state index in [-0.39, 0.29) is 0 Å². The van der Waals surface area contributed by atoms with Gasteiger partial charge in [-0.2, -0.15) is 5.26 Å². The van der Waals surface area contributed by atoms with Crippen molar-refractivity contribution >= 4 is 39.5 Å². The van der Waals surface area contributed by atoms with Gasteiger partial charge >= 0.3 is 0 Å². The molecule has 2 aromatic heterocycles. The molecular weight excluding hydrogens is 350 g/mol. The minimum Gasteiger partial charge on any atom is -0.290 e. The van der Waals surface area contributed by atoms with Crippen molar-refractivity contribution in [2.45, 2.75) is 0 Å². The molecule has 0 aliphatic carbocycles. The van der Waals surface area contributed by atoms with E-state index < -0.39 is 0 Å². The van der Waals surface area contributed by atoms with Gasteiger partial charge in [-0.25, -0.2) is 4.98 Å². The fourth-order valence-electron chi connectivity index (χ4n) is 2.70. The van der Waals surface area contributed by atoms with Crippen LogP contribution in [0.3, 0.4) is 0 Å². The van der Waals surface area contributed by atoms with E-state index in [0.29, 0.717) is 10.6 Å². The molecule has 2 aromatic carbocycles. The summed E-state index contributed by atoms with van der Waals surface area (Å²) < 4.78 is 2.01. The highest BCUT2D eigenvalue weighted by molar-refractivity contribution is 7.15. The first-order chi connectivity index (χ1) is 12.3. The highest BCUT2D eigenvalue weighted by atomic mass is 35.5. The van der Waals surface area contributed by atoms with Gasteiger partial charge in [0.15, 0.2) is 4.96 Å². The van der Waals surface area contributed by atoms with Crippen molar-refractivity contribution in [3.63, 3.8) is 0 Å². The van der Waals surface area contributed by atoms with E-state index in [2.05, 4.69) is 6.07 Å². The third-order valence-corrected chi connectivity index (χ3v) is 4.91. The van der Waals surface area contributed by atoms with Crippen LogP contribution in [-0.2, 0) is 0 Å². The summed E-state index contributed by atoms with van der Waals surface area (Å²) in [6, 6.07) is 19.5. The van der Waals surface area contributed by atoms with Crippen molar-refractivity contribution in [1.82, 2.24) is 9.38 Å². The second-order valence-electron chi connectivity index (χ2n) is 5.44. The Morgan fingerprint density at radius 2 is 1.88 bits per heavy atom. The number of nitriles is 1. The minimum absolute atomic E-state index is 0.601. The standard InChI is InChI=1S/C20H12ClN3S/c21-17-8-6-15(7-9-17)19-18(24-10-11-25-20(24)23-19)12-16(13-22)14-4-2-1-3-5-14/h1-12H/b16-12-. The van der Waals surface area contributed by atoms with Crippen LogP contribution < -0.4 is 0 Å². The van der Waals surface area contributed by atoms with Crippen LogP contribution in [0.25, 0.3) is 27.9 Å². The second kappa shape index (κ2) is 6.56. The Kier molecular flexibility index (Phi) is 4.10. The van der Waals surface area contributed by atoms with Gasteiger partial charge in [0.1, 0.15) is 0 Å². The number of fused-ring (bicyclic) bond motifs is 1. The van der Waals surface area contributed by atoms with Crippen LogP contribution in [0.15, 0.2) is 66.2 Å². The monoisotopic (exact) mass is 361 g/mol. The Morgan fingerprint density at radius 1 is 1.12 bits per heavy atom. The van der Waals surface area contributed by atoms with E-state index in [1.165, 1.54) is 0 Å². The summed E-state index contributed by atoms with van der Waals surface area (Å²) in [5.41, 5.74) is 4.18. The number of hydrogen-bond acceptors (Lipinski definition) is 3. The summed E-state index contributed by atoms with van der Waals surface area (Å²) >= 11 is 7.57. The number of allylic oxidation sites excluding steroid dienone is 1. The van der Waals surface area contributed by atoms with E-state index >= 15 is 0 Å². The van der Waals surface area contributed by atoms with Crippen LogP contribution in [0, 0.1) is 11.3 Å². The molecule has 4 rings (SSSR count). The van der Waals surface area contributed by atoms with Crippen molar-refractivity contribution in [1.29, 1.82) is 5.26 Å². The molecule has 0 saturated carbocycles. The molecule has 0 aliphatic rings. The number of aromatic nitrogens is 2. The Hall–Kier alpha value is -2.87. The minimum atomic E-state index is 0.601. The molecule has 0 atom stereocenters. The van der Waals surface area contributed by atoms with Gasteiger partial charge in [-0.3, -0.25) is 4.40 Å². The summed E-state index contributed by atoms with van der Waals surface area (Å²) in [5, 5.41) is 12.3. The van der Waals surface area contributed by atoms with E-state index in [1.807, 2.05) is 76.7 Å². The Labute approximate surface area is 154 Å². The largest absolute Gasteiger partial charge is 0.290 e. The third-order valence-electron chi connectivity index (χ3n) is 3.90. The molecule has 0 saturated heterocycles. The maximum absolute atomic E-state index is 9.64. The first-order valence-corrected chi connectivity index (χ1v) is 8.91. The third kappa shape index (κ3) is 2.96. The van der Waals surface area contributed by atoms with Crippen LogP contribution in [0.1, 0.15) is 11.3 Å². The molecule has 25 heavy (non-hydrogen) atoms. The highest BCUT2D eigenvalue weighted by Gasteiger charge is 2.14. The lowest BCUT2D eigenvalue weighted by Gasteiger charge is -2.03. The molecule has 3 nitrogen and oxygen atoms in total. The first kappa shape index (κ1) is 15.6. The Balaban J connectivity index is 1.93. The molecule has 5 heteroatoms. The van der Waals surface area contributed by atoms with Gasteiger partial charge < -0.3 is 0 Å². The fraction of sp³-hybridized carbons (Fsp3) is 0. The number of nitrogens with zero attached hydrogens (tertiary/aromatic N) is 3. The zero-order valence-electron chi connectivity index (χ0n) is 13.1. The van der Waals surface area contributed by atoms with E-state index in [1.54, 1.807) is 11.3 Å². The molecule has 0 radical (unpaired) electrons. The van der Waals surface area contributed by atoms with E-state index in [4.69, 9.17) is 16.6 Å². The van der Waals surface area contributed by atoms with Crippen LogP contribution in [-0.4, -0.2) is 9.38 Å². The lowest BCUT2D eigenvalue weighted by Crippen LogP contribution is -1.88. The zero-order chi connectivity index (χ0) is 17.2. The summed E-state index contributed by atoms with van der Waals surface area (Å²) in [4.78, 5) is 5.63. The molecule has 0 aliphatic heterocycles. The molecule has 0 unspecified atom stereocenters. The van der Waals surface area contributed by atoms with Crippen molar-refractivity contribution < 1.29 is 0 Å². The second-order valence-corrected chi connectivity index (χ2v) is 6.75. The molecule has 0 fully saturated rings. The van der Waals surface area contributed by atoms with Crippen molar-refractivity contribution in [2.24, 2.45) is 0 Å². The predicted octanol–water partition coefficient (Wildman–Crippen LogP) is 5.78. The van der Waals surface area contributed by atoms with E-state index in [9.17, 15) is 5.26 Å². The number of benzene rings is 2. The van der Waals surface area contributed by atoms with Crippen molar-refractivity contribution in [3.05, 3.63) is 82.5 Å². The maximum atomic E-state index is 9.64.